The van der Waals surface area contributed by atoms with Gasteiger partial charge in [-0.3, -0.25) is 37.3 Å². The van der Waals surface area contributed by atoms with Gasteiger partial charge in [-0.1, -0.05) is 312 Å². The number of aliphatic hydroxyl groups excluding tert-OH is 1. The molecule has 0 radical (unpaired) electrons. The van der Waals surface area contributed by atoms with Gasteiger partial charge in [-0.15, -0.1) is 0 Å². The Kier molecular flexibility index (Phi) is 61.5. The van der Waals surface area contributed by atoms with E-state index in [2.05, 4.69) is 48.5 Å². The second-order valence-corrected chi connectivity index (χ2v) is 30.3. The SMILES string of the molecule is CCCCCCCCCC(=O)OC[C@H](COP(=O)(O)OC[C@H](O)COP(=O)(O)OC[C@@H](COC(=O)CCCCCCCCCCCC(C)C)OC(=O)CCCCCCCCCCCCCCCCCCCCC(C)C)OC(=O)CCCCCCCCCCC(C)C. The van der Waals surface area contributed by atoms with Crippen molar-refractivity contribution in [2.75, 3.05) is 39.6 Å². The monoisotopic (exact) mass is 1340 g/mol. The van der Waals surface area contributed by atoms with Gasteiger partial charge < -0.3 is 33.8 Å². The van der Waals surface area contributed by atoms with E-state index in [4.69, 9.17) is 37.0 Å². The number of hydrogen-bond donors (Lipinski definition) is 3. The van der Waals surface area contributed by atoms with Gasteiger partial charge in [-0.2, -0.15) is 0 Å². The highest BCUT2D eigenvalue weighted by molar-refractivity contribution is 7.47. The third-order valence-electron chi connectivity index (χ3n) is 16.6. The van der Waals surface area contributed by atoms with Crippen molar-refractivity contribution in [1.82, 2.24) is 0 Å². The Bertz CT molecular complexity index is 1780. The fourth-order valence-electron chi connectivity index (χ4n) is 10.9. The number of aliphatic hydroxyl groups is 1. The fourth-order valence-corrected chi connectivity index (χ4v) is 12.5. The van der Waals surface area contributed by atoms with Gasteiger partial charge in [-0.25, -0.2) is 9.13 Å². The lowest BCUT2D eigenvalue weighted by Gasteiger charge is -2.21. The molecule has 3 N–H and O–H groups in total. The van der Waals surface area contributed by atoms with Crippen LogP contribution in [0.1, 0.15) is 363 Å². The van der Waals surface area contributed by atoms with Crippen LogP contribution in [0.25, 0.3) is 0 Å². The smallest absolute Gasteiger partial charge is 0.462 e. The van der Waals surface area contributed by atoms with Crippen LogP contribution in [-0.2, 0) is 65.4 Å². The van der Waals surface area contributed by atoms with Crippen molar-refractivity contribution in [1.29, 1.82) is 0 Å². The van der Waals surface area contributed by atoms with E-state index in [0.29, 0.717) is 25.7 Å². The van der Waals surface area contributed by atoms with Gasteiger partial charge in [0.2, 0.25) is 0 Å². The van der Waals surface area contributed by atoms with Gasteiger partial charge in [0.1, 0.15) is 19.3 Å². The quantitative estimate of drug-likeness (QED) is 0.0222. The molecule has 5 atom stereocenters. The molecule has 0 spiro atoms. The van der Waals surface area contributed by atoms with Gasteiger partial charge >= 0.3 is 39.5 Å². The number of phosphoric acid groups is 2. The van der Waals surface area contributed by atoms with Gasteiger partial charge in [0.15, 0.2) is 12.2 Å². The van der Waals surface area contributed by atoms with Crippen molar-refractivity contribution in [3.63, 3.8) is 0 Å². The van der Waals surface area contributed by atoms with Gasteiger partial charge in [0.25, 0.3) is 0 Å². The maximum atomic E-state index is 13.0. The minimum atomic E-state index is -4.95. The van der Waals surface area contributed by atoms with Crippen LogP contribution in [0.3, 0.4) is 0 Å². The molecule has 0 fully saturated rings. The Morgan fingerprint density at radius 1 is 0.297 bits per heavy atom. The number of unbranched alkanes of at least 4 members (excludes halogenated alkanes) is 38. The van der Waals surface area contributed by atoms with Crippen LogP contribution >= 0.6 is 15.6 Å². The Hall–Kier alpha value is -1.94. The van der Waals surface area contributed by atoms with Crippen molar-refractivity contribution in [2.24, 2.45) is 17.8 Å². The topological polar surface area (TPSA) is 237 Å². The summed E-state index contributed by atoms with van der Waals surface area (Å²) < 4.78 is 68.2. The second kappa shape index (κ2) is 62.8. The highest BCUT2D eigenvalue weighted by Crippen LogP contribution is 2.45. The summed E-state index contributed by atoms with van der Waals surface area (Å²) in [6, 6.07) is 0. The summed E-state index contributed by atoms with van der Waals surface area (Å²) >= 11 is 0. The number of ether oxygens (including phenoxy) is 4. The Balaban J connectivity index is 5.15. The van der Waals surface area contributed by atoms with E-state index >= 15 is 0 Å². The highest BCUT2D eigenvalue weighted by Gasteiger charge is 2.30. The average Bonchev–Trinajstić information content (AvgIpc) is 3.30. The van der Waals surface area contributed by atoms with Crippen molar-refractivity contribution in [3.8, 4) is 0 Å². The first-order chi connectivity index (χ1) is 43.7. The minimum Gasteiger partial charge on any atom is -0.462 e. The molecule has 0 saturated carbocycles. The molecule has 0 bridgehead atoms. The standard InChI is InChI=1S/C72H140O17P2/c1-8-9-10-11-29-39-46-53-69(74)82-59-67(89-72(77)56-49-42-35-28-27-32-38-45-52-65(6)7)61-86-90(78,79)84-57-66(73)58-85-91(80,81)87-62-68(60-83-70(75)54-47-40-33-26-22-24-31-37-44-51-64(4)5)88-71(76)55-48-41-34-25-21-19-17-15-13-12-14-16-18-20-23-30-36-43-50-63(2)3/h63-68,73H,8-62H2,1-7H3,(H,78,79)(H,80,81)/t66-,67+,68+/m0/s1. The molecular weight excluding hydrogens is 1200 g/mol. The molecule has 0 aliphatic carbocycles. The first-order valence-electron chi connectivity index (χ1n) is 37.3. The molecule has 0 aliphatic rings. The normalized spacial score (nSPS) is 14.2. The Morgan fingerprint density at radius 3 is 0.747 bits per heavy atom. The maximum Gasteiger partial charge on any atom is 0.472 e. The number of rotatable bonds is 70. The minimum absolute atomic E-state index is 0.104. The highest BCUT2D eigenvalue weighted by atomic mass is 31.2. The molecule has 91 heavy (non-hydrogen) atoms. The van der Waals surface area contributed by atoms with E-state index in [-0.39, 0.29) is 25.7 Å². The molecule has 2 unspecified atom stereocenters. The predicted octanol–water partition coefficient (Wildman–Crippen LogP) is 20.6. The van der Waals surface area contributed by atoms with Gasteiger partial charge in [-0.05, 0) is 43.4 Å². The molecule has 0 aliphatic heterocycles. The van der Waals surface area contributed by atoms with E-state index in [1.807, 2.05) is 0 Å². The van der Waals surface area contributed by atoms with E-state index in [9.17, 15) is 43.2 Å². The molecule has 0 rings (SSSR count). The molecule has 17 nitrogen and oxygen atoms in total. The van der Waals surface area contributed by atoms with Crippen LogP contribution in [0.4, 0.5) is 0 Å². The summed E-state index contributed by atoms with van der Waals surface area (Å²) in [6.45, 7) is 11.8. The molecule has 0 saturated heterocycles. The lowest BCUT2D eigenvalue weighted by molar-refractivity contribution is -0.161. The summed E-state index contributed by atoms with van der Waals surface area (Å²) in [4.78, 5) is 72.4. The number of carbonyl (C=O) groups excluding carboxylic acids is 4. The Labute approximate surface area is 556 Å². The van der Waals surface area contributed by atoms with Gasteiger partial charge in [0, 0.05) is 25.7 Å². The predicted molar refractivity (Wildman–Crippen MR) is 368 cm³/mol. The summed E-state index contributed by atoms with van der Waals surface area (Å²) in [7, 11) is -9.90. The Morgan fingerprint density at radius 2 is 0.505 bits per heavy atom. The van der Waals surface area contributed by atoms with E-state index < -0.39 is 97.5 Å². The molecular formula is C72H140O17P2. The van der Waals surface area contributed by atoms with Crippen molar-refractivity contribution in [3.05, 3.63) is 0 Å². The molecule has 19 heteroatoms. The second-order valence-electron chi connectivity index (χ2n) is 27.4. The first-order valence-corrected chi connectivity index (χ1v) is 40.3. The molecule has 0 amide bonds. The summed E-state index contributed by atoms with van der Waals surface area (Å²) in [5.74, 6) is 0.152. The van der Waals surface area contributed by atoms with Crippen molar-refractivity contribution in [2.45, 2.75) is 381 Å². The van der Waals surface area contributed by atoms with Crippen LogP contribution < -0.4 is 0 Å². The largest absolute Gasteiger partial charge is 0.472 e. The summed E-state index contributed by atoms with van der Waals surface area (Å²) in [5.41, 5.74) is 0. The third-order valence-corrected chi connectivity index (χ3v) is 18.5. The van der Waals surface area contributed by atoms with Gasteiger partial charge in [0.05, 0.1) is 26.4 Å². The average molecular weight is 1340 g/mol. The zero-order chi connectivity index (χ0) is 67.3. The van der Waals surface area contributed by atoms with Crippen LogP contribution in [-0.4, -0.2) is 96.7 Å². The number of carbonyl (C=O) groups is 4. The number of esters is 4. The molecule has 0 aromatic carbocycles. The zero-order valence-electron chi connectivity index (χ0n) is 59.3. The number of phosphoric ester groups is 2. The van der Waals surface area contributed by atoms with Crippen LogP contribution in [0.15, 0.2) is 0 Å². The van der Waals surface area contributed by atoms with Crippen LogP contribution in [0.5, 0.6) is 0 Å². The van der Waals surface area contributed by atoms with E-state index in [1.54, 1.807) is 0 Å². The fraction of sp³-hybridized carbons (Fsp3) is 0.944. The lowest BCUT2D eigenvalue weighted by atomic mass is 10.0. The van der Waals surface area contributed by atoms with E-state index in [1.165, 1.54) is 161 Å². The first kappa shape index (κ1) is 89.1. The van der Waals surface area contributed by atoms with Crippen LogP contribution in [0, 0.1) is 17.8 Å². The lowest BCUT2D eigenvalue weighted by Crippen LogP contribution is -2.30. The number of hydrogen-bond acceptors (Lipinski definition) is 15. The molecule has 0 aromatic rings. The van der Waals surface area contributed by atoms with Crippen LogP contribution in [0.2, 0.25) is 0 Å². The van der Waals surface area contributed by atoms with Crippen molar-refractivity contribution >= 4 is 39.5 Å². The molecule has 0 aromatic heterocycles. The molecule has 540 valence electrons. The third kappa shape index (κ3) is 66.5. The maximum absolute atomic E-state index is 13.0. The summed E-state index contributed by atoms with van der Waals surface area (Å²) in [5, 5.41) is 10.6. The van der Waals surface area contributed by atoms with E-state index in [0.717, 1.165) is 120 Å². The molecule has 0 heterocycles. The van der Waals surface area contributed by atoms with Crippen molar-refractivity contribution < 1.29 is 80.2 Å². The summed E-state index contributed by atoms with van der Waals surface area (Å²) in [6.07, 6.45) is 47.5. The zero-order valence-corrected chi connectivity index (χ0v) is 61.1.